The van der Waals surface area contributed by atoms with Gasteiger partial charge >= 0.3 is 5.97 Å². The molecule has 0 unspecified atom stereocenters. The van der Waals surface area contributed by atoms with E-state index in [-0.39, 0.29) is 17.0 Å². The lowest BCUT2D eigenvalue weighted by Crippen LogP contribution is -2.12. The number of hydrogen-bond donors (Lipinski definition) is 2. The molecular weight excluding hydrogens is 205 g/mol. The molecule has 0 aliphatic rings. The number of carboxylic acid groups (broad SMARTS) is 1. The highest BCUT2D eigenvalue weighted by Gasteiger charge is 2.07. The van der Waals surface area contributed by atoms with Crippen molar-refractivity contribution in [3.63, 3.8) is 0 Å². The number of benzene rings is 1. The van der Waals surface area contributed by atoms with E-state index in [9.17, 15) is 9.18 Å². The summed E-state index contributed by atoms with van der Waals surface area (Å²) in [6, 6.07) is 4.00. The third-order valence-corrected chi connectivity index (χ3v) is 1.87. The predicted molar refractivity (Wildman–Crippen MR) is 53.6 cm³/mol. The standard InChI is InChI=1S/C9H8FNO2S/c10-7-3-5(4-8(12)13)1-2-6(7)9(11)14/h1-3H,4H2,(H2,11,14)(H,12,13). The maximum Gasteiger partial charge on any atom is 0.307 e. The summed E-state index contributed by atoms with van der Waals surface area (Å²) >= 11 is 4.60. The topological polar surface area (TPSA) is 63.3 Å². The van der Waals surface area contributed by atoms with Crippen LogP contribution in [-0.2, 0) is 11.2 Å². The fourth-order valence-electron chi connectivity index (χ4n) is 1.04. The molecule has 0 aliphatic carbocycles. The minimum absolute atomic E-state index is 0.0376. The van der Waals surface area contributed by atoms with Crippen molar-refractivity contribution in [3.05, 3.63) is 35.1 Å². The van der Waals surface area contributed by atoms with E-state index in [1.165, 1.54) is 12.1 Å². The molecule has 3 nitrogen and oxygen atoms in total. The van der Waals surface area contributed by atoms with Gasteiger partial charge in [-0.05, 0) is 17.7 Å². The highest BCUT2D eigenvalue weighted by atomic mass is 32.1. The van der Waals surface area contributed by atoms with Gasteiger partial charge in [-0.2, -0.15) is 0 Å². The predicted octanol–water partition coefficient (Wildman–Crippen LogP) is 1.09. The van der Waals surface area contributed by atoms with Crippen LogP contribution in [0.25, 0.3) is 0 Å². The molecule has 0 fully saturated rings. The molecule has 3 N–H and O–H groups in total. The van der Waals surface area contributed by atoms with Gasteiger partial charge in [0.2, 0.25) is 0 Å². The molecule has 0 atom stereocenters. The second kappa shape index (κ2) is 4.15. The number of carboxylic acids is 1. The molecule has 0 aliphatic heterocycles. The Hall–Kier alpha value is -1.49. The van der Waals surface area contributed by atoms with Crippen LogP contribution in [-0.4, -0.2) is 16.1 Å². The average molecular weight is 213 g/mol. The van der Waals surface area contributed by atoms with Gasteiger partial charge in [0, 0.05) is 5.56 Å². The maximum atomic E-state index is 13.2. The van der Waals surface area contributed by atoms with E-state index in [0.29, 0.717) is 5.56 Å². The molecule has 0 heterocycles. The number of thiocarbonyl (C=S) groups is 1. The Balaban J connectivity index is 3.00. The number of rotatable bonds is 3. The van der Waals surface area contributed by atoms with E-state index in [0.717, 1.165) is 6.07 Å². The van der Waals surface area contributed by atoms with Crippen molar-refractivity contribution in [2.75, 3.05) is 0 Å². The van der Waals surface area contributed by atoms with Gasteiger partial charge in [0.15, 0.2) is 0 Å². The van der Waals surface area contributed by atoms with Crippen LogP contribution in [0.5, 0.6) is 0 Å². The van der Waals surface area contributed by atoms with Crippen LogP contribution in [0.4, 0.5) is 4.39 Å². The largest absolute Gasteiger partial charge is 0.481 e. The van der Waals surface area contributed by atoms with Crippen LogP contribution in [0, 0.1) is 5.82 Å². The highest BCUT2D eigenvalue weighted by Crippen LogP contribution is 2.10. The molecule has 0 radical (unpaired) electrons. The summed E-state index contributed by atoms with van der Waals surface area (Å²) < 4.78 is 13.2. The van der Waals surface area contributed by atoms with E-state index in [1.54, 1.807) is 0 Å². The van der Waals surface area contributed by atoms with Gasteiger partial charge in [-0.3, -0.25) is 4.79 Å². The molecule has 5 heteroatoms. The lowest BCUT2D eigenvalue weighted by molar-refractivity contribution is -0.136. The van der Waals surface area contributed by atoms with Crippen LogP contribution in [0.2, 0.25) is 0 Å². The molecule has 0 saturated carbocycles. The lowest BCUT2D eigenvalue weighted by atomic mass is 10.1. The van der Waals surface area contributed by atoms with Crippen molar-refractivity contribution in [2.45, 2.75) is 6.42 Å². The van der Waals surface area contributed by atoms with Gasteiger partial charge in [-0.25, -0.2) is 4.39 Å². The van der Waals surface area contributed by atoms with E-state index in [4.69, 9.17) is 10.8 Å². The van der Waals surface area contributed by atoms with Crippen LogP contribution < -0.4 is 5.73 Å². The summed E-state index contributed by atoms with van der Waals surface area (Å²) in [5.41, 5.74) is 5.76. The van der Waals surface area contributed by atoms with Crippen molar-refractivity contribution in [1.82, 2.24) is 0 Å². The number of halogens is 1. The Kier molecular flexibility index (Phi) is 3.14. The maximum absolute atomic E-state index is 13.2. The van der Waals surface area contributed by atoms with Gasteiger partial charge in [0.05, 0.1) is 6.42 Å². The molecule has 14 heavy (non-hydrogen) atoms. The fraction of sp³-hybridized carbons (Fsp3) is 0.111. The van der Waals surface area contributed by atoms with Crippen LogP contribution in [0.15, 0.2) is 18.2 Å². The van der Waals surface area contributed by atoms with Gasteiger partial charge in [0.1, 0.15) is 10.8 Å². The number of nitrogens with two attached hydrogens (primary N) is 1. The number of hydrogen-bond acceptors (Lipinski definition) is 2. The Morgan fingerprint density at radius 2 is 2.21 bits per heavy atom. The molecule has 0 bridgehead atoms. The first-order valence-corrected chi connectivity index (χ1v) is 4.21. The first kappa shape index (κ1) is 10.6. The third kappa shape index (κ3) is 2.50. The Morgan fingerprint density at radius 3 is 2.64 bits per heavy atom. The van der Waals surface area contributed by atoms with Crippen molar-refractivity contribution >= 4 is 23.2 Å². The second-order valence-corrected chi connectivity index (χ2v) is 3.19. The molecular formula is C9H8FNO2S. The summed E-state index contributed by atoms with van der Waals surface area (Å²) in [4.78, 5) is 10.3. The monoisotopic (exact) mass is 213 g/mol. The molecule has 0 aromatic heterocycles. The van der Waals surface area contributed by atoms with E-state index in [2.05, 4.69) is 12.2 Å². The molecule has 1 aromatic carbocycles. The normalized spacial score (nSPS) is 9.79. The molecule has 1 aromatic rings. The number of carbonyl (C=O) groups is 1. The molecule has 74 valence electrons. The molecule has 0 amide bonds. The zero-order chi connectivity index (χ0) is 10.7. The van der Waals surface area contributed by atoms with Gasteiger partial charge in [0.25, 0.3) is 0 Å². The average Bonchev–Trinajstić information content (AvgIpc) is 2.01. The van der Waals surface area contributed by atoms with Gasteiger partial charge in [-0.15, -0.1) is 0 Å². The molecule has 0 spiro atoms. The second-order valence-electron chi connectivity index (χ2n) is 2.75. The van der Waals surface area contributed by atoms with Crippen molar-refractivity contribution < 1.29 is 14.3 Å². The Morgan fingerprint density at radius 1 is 1.57 bits per heavy atom. The molecule has 0 saturated heterocycles. The zero-order valence-corrected chi connectivity index (χ0v) is 7.97. The minimum Gasteiger partial charge on any atom is -0.481 e. The number of aliphatic carboxylic acids is 1. The zero-order valence-electron chi connectivity index (χ0n) is 7.16. The molecule has 1 rings (SSSR count). The van der Waals surface area contributed by atoms with E-state index >= 15 is 0 Å². The van der Waals surface area contributed by atoms with Crippen molar-refractivity contribution in [3.8, 4) is 0 Å². The fourth-order valence-corrected chi connectivity index (χ4v) is 1.21. The first-order valence-electron chi connectivity index (χ1n) is 3.80. The Labute approximate surface area is 85.3 Å². The summed E-state index contributed by atoms with van der Waals surface area (Å²) in [6.45, 7) is 0. The van der Waals surface area contributed by atoms with Crippen molar-refractivity contribution in [2.24, 2.45) is 5.73 Å². The summed E-state index contributed by atoms with van der Waals surface area (Å²) in [6.07, 6.45) is -0.214. The third-order valence-electron chi connectivity index (χ3n) is 1.65. The summed E-state index contributed by atoms with van der Waals surface area (Å²) in [7, 11) is 0. The van der Waals surface area contributed by atoms with Crippen LogP contribution in [0.1, 0.15) is 11.1 Å². The summed E-state index contributed by atoms with van der Waals surface area (Å²) in [5, 5.41) is 8.46. The summed E-state index contributed by atoms with van der Waals surface area (Å²) in [5.74, 6) is -1.59. The lowest BCUT2D eigenvalue weighted by Gasteiger charge is -2.02. The quantitative estimate of drug-likeness (QED) is 0.738. The van der Waals surface area contributed by atoms with E-state index in [1.807, 2.05) is 0 Å². The van der Waals surface area contributed by atoms with Gasteiger partial charge in [-0.1, -0.05) is 18.3 Å². The van der Waals surface area contributed by atoms with Crippen LogP contribution >= 0.6 is 12.2 Å². The van der Waals surface area contributed by atoms with Gasteiger partial charge < -0.3 is 10.8 Å². The minimum atomic E-state index is -1.01. The smallest absolute Gasteiger partial charge is 0.307 e. The highest BCUT2D eigenvalue weighted by molar-refractivity contribution is 7.80. The van der Waals surface area contributed by atoms with E-state index < -0.39 is 11.8 Å². The van der Waals surface area contributed by atoms with Crippen LogP contribution in [0.3, 0.4) is 0 Å². The van der Waals surface area contributed by atoms with Crippen molar-refractivity contribution in [1.29, 1.82) is 0 Å². The SMILES string of the molecule is NC(=S)c1ccc(CC(=O)O)cc1F. The first-order chi connectivity index (χ1) is 6.50. The Bertz CT molecular complexity index is 392.